The van der Waals surface area contributed by atoms with Crippen LogP contribution in [0, 0.1) is 0 Å². The molecule has 63 heavy (non-hydrogen) atoms. The minimum Gasteiger partial charge on any atom is -0.464 e. The third-order valence-electron chi connectivity index (χ3n) is 10.9. The Morgan fingerprint density at radius 1 is 0.302 bits per heavy atom. The molecule has 0 unspecified atom stereocenters. The first kappa shape index (κ1) is 43.8. The third-order valence-corrected chi connectivity index (χ3v) is 10.9. The molecule has 2 fully saturated rings. The Labute approximate surface area is 370 Å². The number of hydrogen-bond donors (Lipinski definition) is 0. The smallest absolute Gasteiger partial charge is 0.232 e. The van der Waals surface area contributed by atoms with E-state index >= 15 is 0 Å². The molecule has 0 radical (unpaired) electrons. The van der Waals surface area contributed by atoms with Crippen LogP contribution in [0.25, 0.3) is 0 Å². The van der Waals surface area contributed by atoms with Gasteiger partial charge in [-0.2, -0.15) is 0 Å². The number of rotatable bonds is 20. The molecule has 9 heteroatoms. The largest absolute Gasteiger partial charge is 0.464 e. The van der Waals surface area contributed by atoms with Crippen molar-refractivity contribution in [2.24, 2.45) is 0 Å². The Morgan fingerprint density at radius 2 is 0.524 bits per heavy atom. The summed E-state index contributed by atoms with van der Waals surface area (Å²) >= 11 is 0. The van der Waals surface area contributed by atoms with Gasteiger partial charge in [0.05, 0.1) is 39.6 Å². The van der Waals surface area contributed by atoms with Gasteiger partial charge in [0, 0.05) is 0 Å². The molecule has 2 aliphatic rings. The first-order valence-corrected chi connectivity index (χ1v) is 21.4. The molecule has 6 aromatic rings. The van der Waals surface area contributed by atoms with Crippen LogP contribution < -0.4 is 0 Å². The molecule has 0 saturated carbocycles. The van der Waals surface area contributed by atoms with Crippen LogP contribution in [-0.4, -0.2) is 49.2 Å². The van der Waals surface area contributed by atoms with E-state index in [-0.39, 0.29) is 26.4 Å². The summed E-state index contributed by atoms with van der Waals surface area (Å²) in [5, 5.41) is 0. The van der Waals surface area contributed by atoms with Crippen molar-refractivity contribution in [3.8, 4) is 0 Å². The Bertz CT molecular complexity index is 2100. The molecule has 0 spiro atoms. The van der Waals surface area contributed by atoms with Crippen molar-refractivity contribution in [3.05, 3.63) is 240 Å². The summed E-state index contributed by atoms with van der Waals surface area (Å²) in [4.78, 5) is 0. The van der Waals surface area contributed by atoms with Crippen molar-refractivity contribution in [3.63, 3.8) is 0 Å². The standard InChI is InChI=1S/C54H54O9/c1-39-47(55-33-41-21-9-3-10-22-41)49(57-35-43-25-13-5-14-26-43)51(59-37-45-29-17-7-18-30-45)53(61-39)63-54-52(60-38-46-31-19-8-20-32-46)50(58-36-44-27-15-6-16-28-44)48(40(2)62-54)56-34-42-23-11-4-12-24-42/h3-32,47-54H,1-2,33-38H2/t47-,48-,49+,50+,51-,52-,53-,54-/m1/s1. The van der Waals surface area contributed by atoms with Crippen LogP contribution in [-0.2, 0) is 82.3 Å². The van der Waals surface area contributed by atoms with E-state index < -0.39 is 49.2 Å². The lowest BCUT2D eigenvalue weighted by Crippen LogP contribution is -2.60. The molecule has 0 amide bonds. The fourth-order valence-corrected chi connectivity index (χ4v) is 7.60. The zero-order valence-electron chi connectivity index (χ0n) is 35.3. The van der Waals surface area contributed by atoms with Gasteiger partial charge in [-0.15, -0.1) is 0 Å². The molecule has 0 N–H and O–H groups in total. The monoisotopic (exact) mass is 846 g/mol. The van der Waals surface area contributed by atoms with Crippen LogP contribution >= 0.6 is 0 Å². The molecule has 8 atom stereocenters. The molecule has 0 bridgehead atoms. The summed E-state index contributed by atoms with van der Waals surface area (Å²) in [6, 6.07) is 59.7. The average Bonchev–Trinajstić information content (AvgIpc) is 3.33. The number of benzene rings is 6. The van der Waals surface area contributed by atoms with Crippen molar-refractivity contribution in [1.82, 2.24) is 0 Å². The maximum absolute atomic E-state index is 6.97. The Kier molecular flexibility index (Phi) is 15.6. The van der Waals surface area contributed by atoms with E-state index in [0.29, 0.717) is 24.7 Å². The zero-order chi connectivity index (χ0) is 43.1. The van der Waals surface area contributed by atoms with E-state index in [1.165, 1.54) is 0 Å². The van der Waals surface area contributed by atoms with E-state index in [9.17, 15) is 0 Å². The van der Waals surface area contributed by atoms with Crippen molar-refractivity contribution in [2.75, 3.05) is 0 Å². The second-order valence-corrected chi connectivity index (χ2v) is 15.5. The summed E-state index contributed by atoms with van der Waals surface area (Å²) < 4.78 is 60.7. The SMILES string of the molecule is C=C1O[C@H](O[C@H]2OC(=C)[C@@H](OCc3ccccc3)[C@H](OCc3ccccc3)[C@H]2OCc2ccccc2)[C@H](OCc2ccccc2)[C@@H](OCc2ccccc2)[C@@H]1OCc1ccccc1. The number of hydrogen-bond acceptors (Lipinski definition) is 9. The minimum atomic E-state index is -1.10. The zero-order valence-corrected chi connectivity index (χ0v) is 35.3. The van der Waals surface area contributed by atoms with Gasteiger partial charge in [-0.25, -0.2) is 0 Å². The molecule has 9 nitrogen and oxygen atoms in total. The van der Waals surface area contributed by atoms with Gasteiger partial charge in [0.2, 0.25) is 12.6 Å². The van der Waals surface area contributed by atoms with Gasteiger partial charge in [-0.1, -0.05) is 195 Å². The first-order chi connectivity index (χ1) is 31.1. The Hall–Kier alpha value is -5.88. The second kappa shape index (κ2) is 22.5. The van der Waals surface area contributed by atoms with Gasteiger partial charge >= 0.3 is 0 Å². The summed E-state index contributed by atoms with van der Waals surface area (Å²) in [6.45, 7) is 10.3. The first-order valence-electron chi connectivity index (χ1n) is 21.4. The molecular weight excluding hydrogens is 793 g/mol. The second-order valence-electron chi connectivity index (χ2n) is 15.5. The highest BCUT2D eigenvalue weighted by molar-refractivity contribution is 5.19. The van der Waals surface area contributed by atoms with E-state index in [1.807, 2.05) is 182 Å². The van der Waals surface area contributed by atoms with Gasteiger partial charge in [-0.05, 0) is 33.4 Å². The lowest BCUT2D eigenvalue weighted by molar-refractivity contribution is -0.348. The summed E-state index contributed by atoms with van der Waals surface area (Å²) in [7, 11) is 0. The van der Waals surface area contributed by atoms with Crippen LogP contribution in [0.2, 0.25) is 0 Å². The predicted molar refractivity (Wildman–Crippen MR) is 239 cm³/mol. The summed E-state index contributed by atoms with van der Waals surface area (Å²) in [5.74, 6) is 0.650. The summed E-state index contributed by atoms with van der Waals surface area (Å²) in [5.41, 5.74) is 5.87. The minimum absolute atomic E-state index is 0.238. The fourth-order valence-electron chi connectivity index (χ4n) is 7.60. The van der Waals surface area contributed by atoms with Gasteiger partial charge in [0.1, 0.15) is 48.1 Å². The van der Waals surface area contributed by atoms with Gasteiger partial charge in [0.25, 0.3) is 0 Å². The highest BCUT2D eigenvalue weighted by atomic mass is 16.8. The molecule has 0 aromatic heterocycles. The van der Waals surface area contributed by atoms with Crippen LogP contribution in [0.5, 0.6) is 0 Å². The van der Waals surface area contributed by atoms with Gasteiger partial charge in [-0.3, -0.25) is 4.74 Å². The molecule has 324 valence electrons. The third kappa shape index (κ3) is 12.2. The van der Waals surface area contributed by atoms with Crippen molar-refractivity contribution in [1.29, 1.82) is 0 Å². The van der Waals surface area contributed by atoms with E-state index in [0.717, 1.165) is 33.4 Å². The predicted octanol–water partition coefficient (Wildman–Crippen LogP) is 10.3. The molecule has 6 aromatic carbocycles. The molecule has 2 aliphatic heterocycles. The highest BCUT2D eigenvalue weighted by Crippen LogP contribution is 2.37. The van der Waals surface area contributed by atoms with Crippen LogP contribution in [0.3, 0.4) is 0 Å². The van der Waals surface area contributed by atoms with E-state index in [2.05, 4.69) is 13.2 Å². The molecule has 2 heterocycles. The van der Waals surface area contributed by atoms with E-state index in [4.69, 9.17) is 42.6 Å². The average molecular weight is 847 g/mol. The summed E-state index contributed by atoms with van der Waals surface area (Å²) in [6.07, 6.45) is -6.80. The molecule has 0 aliphatic carbocycles. The topological polar surface area (TPSA) is 83.1 Å². The van der Waals surface area contributed by atoms with Crippen molar-refractivity contribution >= 4 is 0 Å². The van der Waals surface area contributed by atoms with Crippen molar-refractivity contribution < 1.29 is 42.6 Å². The Balaban J connectivity index is 1.12. The maximum Gasteiger partial charge on any atom is 0.232 e. The fraction of sp³-hybridized carbons (Fsp3) is 0.259. The van der Waals surface area contributed by atoms with Gasteiger partial charge in [0.15, 0.2) is 0 Å². The van der Waals surface area contributed by atoms with Crippen LogP contribution in [0.1, 0.15) is 33.4 Å². The molecular formula is C54H54O9. The lowest BCUT2D eigenvalue weighted by Gasteiger charge is -2.47. The lowest BCUT2D eigenvalue weighted by atomic mass is 10.00. The molecule has 2 saturated heterocycles. The van der Waals surface area contributed by atoms with Crippen LogP contribution in [0.15, 0.2) is 207 Å². The van der Waals surface area contributed by atoms with E-state index in [1.54, 1.807) is 0 Å². The van der Waals surface area contributed by atoms with Gasteiger partial charge < -0.3 is 37.9 Å². The quantitative estimate of drug-likeness (QED) is 0.0746. The maximum atomic E-state index is 6.97. The Morgan fingerprint density at radius 3 is 0.778 bits per heavy atom. The van der Waals surface area contributed by atoms with Crippen LogP contribution in [0.4, 0.5) is 0 Å². The normalized spacial score (nSPS) is 23.4. The number of ether oxygens (including phenoxy) is 9. The highest BCUT2D eigenvalue weighted by Gasteiger charge is 2.52. The van der Waals surface area contributed by atoms with Crippen molar-refractivity contribution in [2.45, 2.75) is 88.8 Å². The molecule has 8 rings (SSSR count).